The molecule has 0 aromatic carbocycles. The van der Waals surface area contributed by atoms with Crippen LogP contribution in [0.2, 0.25) is 0 Å². The van der Waals surface area contributed by atoms with E-state index in [0.29, 0.717) is 0 Å². The molecule has 1 aromatic rings. The Kier molecular flexibility index (Phi) is 4.11. The maximum Gasteiger partial charge on any atom is 0.435 e. The molecule has 0 saturated heterocycles. The van der Waals surface area contributed by atoms with Crippen LogP contribution in [0.5, 0.6) is 0 Å². The van der Waals surface area contributed by atoms with Gasteiger partial charge in [0.15, 0.2) is 5.69 Å². The van der Waals surface area contributed by atoms with E-state index in [9.17, 15) is 18.3 Å². The maximum atomic E-state index is 12.6. The average Bonchev–Trinajstić information content (AvgIpc) is 3.07. The first kappa shape index (κ1) is 15.3. The average molecular weight is 291 g/mol. The summed E-state index contributed by atoms with van der Waals surface area (Å²) in [6.07, 6.45) is -1.16. The van der Waals surface area contributed by atoms with Crippen molar-refractivity contribution in [3.05, 3.63) is 18.0 Å². The Morgan fingerprint density at radius 3 is 2.50 bits per heavy atom. The summed E-state index contributed by atoms with van der Waals surface area (Å²) in [5.74, 6) is 0.286. The molecular formula is C13H20F3N3O. The molecule has 2 N–H and O–H groups in total. The molecule has 114 valence electrons. The van der Waals surface area contributed by atoms with Crippen molar-refractivity contribution in [3.63, 3.8) is 0 Å². The first-order chi connectivity index (χ1) is 9.27. The molecule has 0 amide bonds. The Hall–Kier alpha value is -1.08. The van der Waals surface area contributed by atoms with E-state index in [1.165, 1.54) is 10.9 Å². The first-order valence-corrected chi connectivity index (χ1v) is 6.76. The highest BCUT2D eigenvalue weighted by Crippen LogP contribution is 2.41. The van der Waals surface area contributed by atoms with E-state index >= 15 is 0 Å². The van der Waals surface area contributed by atoms with Crippen LogP contribution in [0, 0.1) is 5.92 Å². The number of aromatic nitrogens is 2. The zero-order chi connectivity index (χ0) is 15.0. The van der Waals surface area contributed by atoms with E-state index in [2.05, 4.69) is 10.4 Å². The molecule has 2 rings (SSSR count). The normalized spacial score (nSPS) is 19.4. The molecule has 0 radical (unpaired) electrons. The monoisotopic (exact) mass is 291 g/mol. The van der Waals surface area contributed by atoms with Crippen LogP contribution in [0.15, 0.2) is 12.3 Å². The number of aliphatic hydroxyl groups is 1. The van der Waals surface area contributed by atoms with E-state index in [0.717, 1.165) is 18.9 Å². The summed E-state index contributed by atoms with van der Waals surface area (Å²) in [6.45, 7) is 4.04. The van der Waals surface area contributed by atoms with Crippen molar-refractivity contribution < 1.29 is 18.3 Å². The molecule has 7 heteroatoms. The molecule has 1 saturated carbocycles. The van der Waals surface area contributed by atoms with Gasteiger partial charge in [-0.3, -0.25) is 4.68 Å². The highest BCUT2D eigenvalue weighted by Gasteiger charge is 2.46. The molecule has 0 bridgehead atoms. The Labute approximate surface area is 116 Å². The minimum Gasteiger partial charge on any atom is -0.394 e. The van der Waals surface area contributed by atoms with Gasteiger partial charge in [-0.2, -0.15) is 18.3 Å². The third kappa shape index (κ3) is 3.32. The lowest BCUT2D eigenvalue weighted by Gasteiger charge is -2.35. The van der Waals surface area contributed by atoms with Crippen LogP contribution < -0.4 is 5.32 Å². The van der Waals surface area contributed by atoms with Crippen LogP contribution in [0.4, 0.5) is 13.2 Å². The van der Waals surface area contributed by atoms with Gasteiger partial charge in [0.25, 0.3) is 0 Å². The zero-order valence-corrected chi connectivity index (χ0v) is 11.6. The standard InChI is InChI=1S/C13H20F3N3O/c1-9(2)17-12(8-20,10-3-4-10)7-19-6-5-11(18-19)13(14,15)16/h5-6,9-10,17,20H,3-4,7-8H2,1-2H3. The van der Waals surface area contributed by atoms with Gasteiger partial charge in [-0.25, -0.2) is 0 Å². The van der Waals surface area contributed by atoms with Crippen LogP contribution in [0.3, 0.4) is 0 Å². The van der Waals surface area contributed by atoms with Crippen molar-refractivity contribution in [2.24, 2.45) is 5.92 Å². The second-order valence-electron chi connectivity index (χ2n) is 5.78. The fourth-order valence-electron chi connectivity index (χ4n) is 2.62. The van der Waals surface area contributed by atoms with E-state index in [-0.39, 0.29) is 25.1 Å². The van der Waals surface area contributed by atoms with Gasteiger partial charge in [-0.05, 0) is 24.8 Å². The number of halogens is 3. The second-order valence-corrected chi connectivity index (χ2v) is 5.78. The van der Waals surface area contributed by atoms with Gasteiger partial charge in [0.05, 0.1) is 18.7 Å². The molecule has 0 aliphatic heterocycles. The fraction of sp³-hybridized carbons (Fsp3) is 0.769. The lowest BCUT2D eigenvalue weighted by Crippen LogP contribution is -2.56. The number of nitrogens with zero attached hydrogens (tertiary/aromatic N) is 2. The summed E-state index contributed by atoms with van der Waals surface area (Å²) >= 11 is 0. The van der Waals surface area contributed by atoms with E-state index in [1.807, 2.05) is 13.8 Å². The van der Waals surface area contributed by atoms with Crippen molar-refractivity contribution in [2.75, 3.05) is 6.61 Å². The zero-order valence-electron chi connectivity index (χ0n) is 11.6. The molecule has 4 nitrogen and oxygen atoms in total. The molecule has 1 fully saturated rings. The van der Waals surface area contributed by atoms with E-state index in [4.69, 9.17) is 0 Å². The number of aliphatic hydroxyl groups excluding tert-OH is 1. The Bertz CT molecular complexity index is 454. The number of alkyl halides is 3. The SMILES string of the molecule is CC(C)NC(CO)(Cn1ccc(C(F)(F)F)n1)C1CC1. The molecule has 1 aromatic heterocycles. The quantitative estimate of drug-likeness (QED) is 0.843. The van der Waals surface area contributed by atoms with Crippen molar-refractivity contribution in [3.8, 4) is 0 Å². The van der Waals surface area contributed by atoms with E-state index in [1.54, 1.807) is 0 Å². The van der Waals surface area contributed by atoms with Crippen LogP contribution in [-0.2, 0) is 12.7 Å². The molecule has 1 heterocycles. The molecule has 1 aliphatic rings. The summed E-state index contributed by atoms with van der Waals surface area (Å²) in [4.78, 5) is 0. The molecular weight excluding hydrogens is 271 g/mol. The summed E-state index contributed by atoms with van der Waals surface area (Å²) in [7, 11) is 0. The summed E-state index contributed by atoms with van der Waals surface area (Å²) in [5.41, 5.74) is -1.49. The highest BCUT2D eigenvalue weighted by atomic mass is 19.4. The lowest BCUT2D eigenvalue weighted by molar-refractivity contribution is -0.141. The lowest BCUT2D eigenvalue weighted by atomic mass is 9.93. The Morgan fingerprint density at radius 2 is 2.10 bits per heavy atom. The van der Waals surface area contributed by atoms with E-state index < -0.39 is 17.4 Å². The van der Waals surface area contributed by atoms with Crippen molar-refractivity contribution >= 4 is 0 Å². The smallest absolute Gasteiger partial charge is 0.394 e. The van der Waals surface area contributed by atoms with Gasteiger partial charge in [-0.15, -0.1) is 0 Å². The number of hydrogen-bond donors (Lipinski definition) is 2. The Balaban J connectivity index is 2.17. The first-order valence-electron chi connectivity index (χ1n) is 6.76. The summed E-state index contributed by atoms with van der Waals surface area (Å²) < 4.78 is 38.9. The topological polar surface area (TPSA) is 50.1 Å². The van der Waals surface area contributed by atoms with Crippen LogP contribution in [0.25, 0.3) is 0 Å². The fourth-order valence-corrected chi connectivity index (χ4v) is 2.62. The van der Waals surface area contributed by atoms with Gasteiger partial charge in [0.1, 0.15) is 0 Å². The number of hydrogen-bond acceptors (Lipinski definition) is 3. The van der Waals surface area contributed by atoms with Crippen LogP contribution in [0.1, 0.15) is 32.4 Å². The number of nitrogens with one attached hydrogen (secondary N) is 1. The minimum absolute atomic E-state index is 0.114. The molecule has 1 unspecified atom stereocenters. The largest absolute Gasteiger partial charge is 0.435 e. The van der Waals surface area contributed by atoms with Gasteiger partial charge >= 0.3 is 6.18 Å². The van der Waals surface area contributed by atoms with Crippen molar-refractivity contribution in [1.82, 2.24) is 15.1 Å². The van der Waals surface area contributed by atoms with Crippen LogP contribution >= 0.6 is 0 Å². The van der Waals surface area contributed by atoms with Crippen molar-refractivity contribution in [2.45, 2.75) is 51.0 Å². The molecule has 0 spiro atoms. The van der Waals surface area contributed by atoms with Gasteiger partial charge < -0.3 is 10.4 Å². The highest BCUT2D eigenvalue weighted by molar-refractivity contribution is 5.06. The molecule has 20 heavy (non-hydrogen) atoms. The third-order valence-corrected chi connectivity index (χ3v) is 3.59. The van der Waals surface area contributed by atoms with Crippen molar-refractivity contribution in [1.29, 1.82) is 0 Å². The second kappa shape index (κ2) is 5.37. The number of rotatable bonds is 6. The maximum absolute atomic E-state index is 12.6. The Morgan fingerprint density at radius 1 is 1.45 bits per heavy atom. The molecule has 1 aliphatic carbocycles. The predicted octanol–water partition coefficient (Wildman–Crippen LogP) is 2.04. The third-order valence-electron chi connectivity index (χ3n) is 3.59. The van der Waals surface area contributed by atoms with Gasteiger partial charge in [0, 0.05) is 12.2 Å². The van der Waals surface area contributed by atoms with Gasteiger partial charge in [-0.1, -0.05) is 13.8 Å². The molecule has 1 atom stereocenters. The summed E-state index contributed by atoms with van der Waals surface area (Å²) in [6, 6.07) is 1.10. The van der Waals surface area contributed by atoms with Crippen LogP contribution in [-0.4, -0.2) is 33.1 Å². The summed E-state index contributed by atoms with van der Waals surface area (Å²) in [5, 5.41) is 16.6. The minimum atomic E-state index is -4.43. The van der Waals surface area contributed by atoms with Gasteiger partial charge in [0.2, 0.25) is 0 Å². The predicted molar refractivity (Wildman–Crippen MR) is 68.0 cm³/mol.